The van der Waals surface area contributed by atoms with E-state index >= 15 is 0 Å². The Hall–Kier alpha value is -2.49. The van der Waals surface area contributed by atoms with Gasteiger partial charge in [0.15, 0.2) is 5.60 Å². The number of hydrogen-bond acceptors (Lipinski definition) is 7. The van der Waals surface area contributed by atoms with Crippen LogP contribution in [-0.2, 0) is 25.6 Å². The number of anilines is 1. The summed E-state index contributed by atoms with van der Waals surface area (Å²) in [6, 6.07) is 16.1. The topological polar surface area (TPSA) is 98.2 Å². The third-order valence-corrected chi connectivity index (χ3v) is 11.9. The summed E-state index contributed by atoms with van der Waals surface area (Å²) >= 11 is 1.08. The largest absolute Gasteiger partial charge is 0.421 e. The fourth-order valence-electron chi connectivity index (χ4n) is 4.91. The van der Waals surface area contributed by atoms with E-state index in [4.69, 9.17) is 0 Å². The van der Waals surface area contributed by atoms with E-state index in [1.54, 1.807) is 42.6 Å². The monoisotopic (exact) mass is 631 g/mol. The van der Waals surface area contributed by atoms with Gasteiger partial charge < -0.3 is 10.0 Å². The number of halogens is 3. The van der Waals surface area contributed by atoms with Crippen LogP contribution in [0.15, 0.2) is 76.3 Å². The first kappa shape index (κ1) is 31.4. The fourth-order valence-corrected chi connectivity index (χ4v) is 8.66. The number of sulfonamides is 2. The van der Waals surface area contributed by atoms with Crippen molar-refractivity contribution in [2.75, 3.05) is 37.3 Å². The van der Waals surface area contributed by atoms with Gasteiger partial charge in [0.25, 0.3) is 10.0 Å². The minimum Gasteiger partial charge on any atom is -0.376 e. The first-order valence-corrected chi connectivity index (χ1v) is 16.9. The summed E-state index contributed by atoms with van der Waals surface area (Å²) in [4.78, 5) is 1.81. The zero-order valence-corrected chi connectivity index (χ0v) is 25.1. The van der Waals surface area contributed by atoms with Gasteiger partial charge in [0.2, 0.25) is 10.0 Å². The molecule has 3 aromatic rings. The Kier molecular flexibility index (Phi) is 8.94. The van der Waals surface area contributed by atoms with Crippen LogP contribution in [0.1, 0.15) is 31.0 Å². The number of piperazine rings is 1. The van der Waals surface area contributed by atoms with E-state index in [-0.39, 0.29) is 36.0 Å². The molecule has 1 fully saturated rings. The molecule has 0 radical (unpaired) electrons. The molecular weight excluding hydrogens is 600 g/mol. The molecule has 224 valence electrons. The van der Waals surface area contributed by atoms with Crippen molar-refractivity contribution in [2.24, 2.45) is 0 Å². The molecule has 0 spiro atoms. The first-order chi connectivity index (χ1) is 19.0. The maximum Gasteiger partial charge on any atom is 0.421 e. The molecule has 3 atom stereocenters. The normalized spacial score (nSPS) is 19.7. The minimum absolute atomic E-state index is 0.0459. The first-order valence-electron chi connectivity index (χ1n) is 12.7. The Bertz CT molecular complexity index is 1530. The Labute approximate surface area is 242 Å². The van der Waals surface area contributed by atoms with Crippen LogP contribution in [0, 0.1) is 0 Å². The zero-order valence-electron chi connectivity index (χ0n) is 22.7. The van der Waals surface area contributed by atoms with Crippen LogP contribution in [0.3, 0.4) is 0 Å². The number of benzene rings is 2. The van der Waals surface area contributed by atoms with Gasteiger partial charge in [0, 0.05) is 37.9 Å². The molecule has 2 aromatic carbocycles. The summed E-state index contributed by atoms with van der Waals surface area (Å²) in [5, 5.41) is 11.7. The number of aliphatic hydroxyl groups is 1. The number of thiophene rings is 1. The number of alkyl halides is 3. The standard InChI is InChI=1S/C27H32F3N3O5S3/c1-20(21-8-5-4-6-9-21)33(40(3,35)36)19-24-18-31(41(37,38)25-10-7-17-39-25)15-16-32(24)23-13-11-22(12-14-23)26(2,34)27(28,29)30/h4-14,17,20,24,34H,15-16,18-19H2,1-3H3/t20-,24+,26-/m0/s1. The molecule has 2 heterocycles. The van der Waals surface area contributed by atoms with Crippen molar-refractivity contribution in [3.63, 3.8) is 0 Å². The van der Waals surface area contributed by atoms with E-state index in [1.165, 1.54) is 38.9 Å². The molecule has 0 saturated carbocycles. The molecule has 1 aliphatic heterocycles. The molecule has 0 amide bonds. The third-order valence-electron chi connectivity index (χ3n) is 7.38. The summed E-state index contributed by atoms with van der Waals surface area (Å²) in [6.07, 6.45) is -3.80. The van der Waals surface area contributed by atoms with Gasteiger partial charge in [-0.2, -0.15) is 21.8 Å². The van der Waals surface area contributed by atoms with Gasteiger partial charge in [0.1, 0.15) is 4.21 Å². The minimum atomic E-state index is -4.89. The second-order valence-corrected chi connectivity index (χ2v) is 15.2. The average molecular weight is 632 g/mol. The van der Waals surface area contributed by atoms with Crippen molar-refractivity contribution in [3.05, 3.63) is 83.2 Å². The van der Waals surface area contributed by atoms with Crippen LogP contribution in [0.25, 0.3) is 0 Å². The summed E-state index contributed by atoms with van der Waals surface area (Å²) < 4.78 is 95.8. The number of rotatable bonds is 9. The molecule has 0 bridgehead atoms. The Balaban J connectivity index is 1.71. The summed E-state index contributed by atoms with van der Waals surface area (Å²) in [5.74, 6) is 0. The molecule has 41 heavy (non-hydrogen) atoms. The summed E-state index contributed by atoms with van der Waals surface area (Å²) in [6.45, 7) is 2.56. The van der Waals surface area contributed by atoms with Gasteiger partial charge in [-0.15, -0.1) is 11.3 Å². The lowest BCUT2D eigenvalue weighted by atomic mass is 9.95. The predicted molar refractivity (Wildman–Crippen MR) is 153 cm³/mol. The maximum atomic E-state index is 13.4. The fraction of sp³-hybridized carbons (Fsp3) is 0.407. The van der Waals surface area contributed by atoms with Gasteiger partial charge in [-0.25, -0.2) is 16.8 Å². The highest BCUT2D eigenvalue weighted by Crippen LogP contribution is 2.39. The van der Waals surface area contributed by atoms with Crippen LogP contribution < -0.4 is 4.90 Å². The van der Waals surface area contributed by atoms with E-state index in [2.05, 4.69) is 0 Å². The lowest BCUT2D eigenvalue weighted by molar-refractivity contribution is -0.258. The van der Waals surface area contributed by atoms with E-state index < -0.39 is 43.9 Å². The van der Waals surface area contributed by atoms with Crippen molar-refractivity contribution in [1.82, 2.24) is 8.61 Å². The number of nitrogens with zero attached hydrogens (tertiary/aromatic N) is 3. The van der Waals surface area contributed by atoms with Crippen molar-refractivity contribution >= 4 is 37.1 Å². The highest BCUT2D eigenvalue weighted by atomic mass is 32.2. The van der Waals surface area contributed by atoms with Gasteiger partial charge in [-0.1, -0.05) is 48.5 Å². The predicted octanol–water partition coefficient (Wildman–Crippen LogP) is 4.42. The maximum absolute atomic E-state index is 13.4. The van der Waals surface area contributed by atoms with Crippen LogP contribution in [0.5, 0.6) is 0 Å². The van der Waals surface area contributed by atoms with Crippen LogP contribution >= 0.6 is 11.3 Å². The average Bonchev–Trinajstić information content (AvgIpc) is 3.47. The lowest BCUT2D eigenvalue weighted by Crippen LogP contribution is -2.59. The second-order valence-electron chi connectivity index (χ2n) is 10.2. The summed E-state index contributed by atoms with van der Waals surface area (Å²) in [7, 11) is -7.62. The molecule has 14 heteroatoms. The molecule has 4 rings (SSSR count). The highest BCUT2D eigenvalue weighted by molar-refractivity contribution is 7.91. The molecule has 1 aliphatic rings. The van der Waals surface area contributed by atoms with Crippen LogP contribution in [0.4, 0.5) is 18.9 Å². The van der Waals surface area contributed by atoms with Crippen molar-refractivity contribution in [3.8, 4) is 0 Å². The quantitative estimate of drug-likeness (QED) is 0.376. The van der Waals surface area contributed by atoms with Gasteiger partial charge in [0.05, 0.1) is 12.3 Å². The smallest absolute Gasteiger partial charge is 0.376 e. The van der Waals surface area contributed by atoms with E-state index in [9.17, 15) is 35.1 Å². The van der Waals surface area contributed by atoms with Crippen LogP contribution in [0.2, 0.25) is 0 Å². The molecule has 1 saturated heterocycles. The van der Waals surface area contributed by atoms with Gasteiger partial charge in [-0.3, -0.25) is 0 Å². The second kappa shape index (κ2) is 11.7. The molecule has 1 N–H and O–H groups in total. The van der Waals surface area contributed by atoms with Crippen LogP contribution in [-0.4, -0.2) is 75.2 Å². The Morgan fingerprint density at radius 3 is 2.17 bits per heavy atom. The van der Waals surface area contributed by atoms with Gasteiger partial charge in [-0.05, 0) is 48.6 Å². The number of hydrogen-bond donors (Lipinski definition) is 1. The molecular formula is C27H32F3N3O5S3. The van der Waals surface area contributed by atoms with E-state index in [0.29, 0.717) is 12.6 Å². The Morgan fingerprint density at radius 1 is 1.00 bits per heavy atom. The summed E-state index contributed by atoms with van der Waals surface area (Å²) in [5.41, 5.74) is -2.18. The van der Waals surface area contributed by atoms with Crippen molar-refractivity contribution in [1.29, 1.82) is 0 Å². The van der Waals surface area contributed by atoms with E-state index in [0.717, 1.165) is 23.2 Å². The highest BCUT2D eigenvalue weighted by Gasteiger charge is 2.51. The SMILES string of the molecule is C[C@@H](c1ccccc1)N(C[C@H]1CN(S(=O)(=O)c2cccs2)CCN1c1ccc([C@](C)(O)C(F)(F)F)cc1)S(C)(=O)=O. The Morgan fingerprint density at radius 2 is 1.63 bits per heavy atom. The van der Waals surface area contributed by atoms with E-state index in [1.807, 2.05) is 11.0 Å². The molecule has 0 unspecified atom stereocenters. The third kappa shape index (κ3) is 6.62. The van der Waals surface area contributed by atoms with Gasteiger partial charge >= 0.3 is 6.18 Å². The molecule has 8 nitrogen and oxygen atoms in total. The van der Waals surface area contributed by atoms with Crippen molar-refractivity contribution in [2.45, 2.75) is 41.9 Å². The molecule has 0 aliphatic carbocycles. The van der Waals surface area contributed by atoms with Crippen molar-refractivity contribution < 1.29 is 35.1 Å². The molecule has 1 aromatic heterocycles. The lowest BCUT2D eigenvalue weighted by Gasteiger charge is -2.44. The zero-order chi connectivity index (χ0) is 30.2.